The molecule has 1 saturated heterocycles. The maximum atomic E-state index is 11.3. The summed E-state index contributed by atoms with van der Waals surface area (Å²) in [5.74, 6) is -1.07. The number of ether oxygens (including phenoxy) is 4. The van der Waals surface area contributed by atoms with Crippen LogP contribution in [0.25, 0.3) is 0 Å². The zero-order chi connectivity index (χ0) is 16.0. The smallest absolute Gasteiger partial charge is 0.330 e. The summed E-state index contributed by atoms with van der Waals surface area (Å²) in [6.45, 7) is 4.55. The lowest BCUT2D eigenvalue weighted by Gasteiger charge is -2.22. The van der Waals surface area contributed by atoms with Crippen LogP contribution < -0.4 is 0 Å². The molecule has 5 heteroatoms. The summed E-state index contributed by atoms with van der Waals surface area (Å²) in [6, 6.07) is 9.83. The number of esters is 1. The van der Waals surface area contributed by atoms with Gasteiger partial charge in [-0.3, -0.25) is 0 Å². The van der Waals surface area contributed by atoms with Gasteiger partial charge < -0.3 is 18.9 Å². The summed E-state index contributed by atoms with van der Waals surface area (Å²) < 4.78 is 21.9. The second kappa shape index (κ2) is 7.54. The number of carbonyl (C=O) groups is 1. The fourth-order valence-electron chi connectivity index (χ4n) is 2.17. The van der Waals surface area contributed by atoms with Crippen LogP contribution in [0.2, 0.25) is 0 Å². The third kappa shape index (κ3) is 4.94. The second-order valence-electron chi connectivity index (χ2n) is 5.51. The van der Waals surface area contributed by atoms with Crippen LogP contribution in [0.15, 0.2) is 42.5 Å². The minimum atomic E-state index is -0.641. The third-order valence-electron chi connectivity index (χ3n) is 3.31. The molecule has 1 aliphatic rings. The van der Waals surface area contributed by atoms with Crippen LogP contribution in [0.3, 0.4) is 0 Å². The molecule has 120 valence electrons. The van der Waals surface area contributed by atoms with Crippen LogP contribution in [0.5, 0.6) is 0 Å². The van der Waals surface area contributed by atoms with Crippen molar-refractivity contribution >= 4 is 5.97 Å². The van der Waals surface area contributed by atoms with Crippen molar-refractivity contribution in [1.82, 2.24) is 0 Å². The summed E-state index contributed by atoms with van der Waals surface area (Å²) >= 11 is 0. The number of benzene rings is 1. The first-order valence-electron chi connectivity index (χ1n) is 7.23. The van der Waals surface area contributed by atoms with Crippen molar-refractivity contribution in [1.29, 1.82) is 0 Å². The largest absolute Gasteiger partial charge is 0.466 e. The summed E-state index contributed by atoms with van der Waals surface area (Å²) in [7, 11) is 1.34. The SMILES string of the molecule is COC(=O)/C=C/[C@H](OCc1ccccc1)[C@H]1COC(C)(C)O1. The Kier molecular flexibility index (Phi) is 5.71. The maximum absolute atomic E-state index is 11.3. The molecule has 1 aromatic rings. The van der Waals surface area contributed by atoms with Crippen LogP contribution in [0.4, 0.5) is 0 Å². The van der Waals surface area contributed by atoms with Crippen molar-refractivity contribution in [2.75, 3.05) is 13.7 Å². The fourth-order valence-corrected chi connectivity index (χ4v) is 2.17. The Morgan fingerprint density at radius 2 is 2.14 bits per heavy atom. The average Bonchev–Trinajstić information content (AvgIpc) is 2.88. The van der Waals surface area contributed by atoms with Gasteiger partial charge in [0.05, 0.1) is 20.3 Å². The van der Waals surface area contributed by atoms with Crippen molar-refractivity contribution in [3.63, 3.8) is 0 Å². The standard InChI is InChI=1S/C17H22O5/c1-17(2)21-12-15(22-17)14(9-10-16(18)19-3)20-11-13-7-5-4-6-8-13/h4-10,14-15H,11-12H2,1-3H3/b10-9+/t14-,15+/m0/s1. The predicted octanol–water partition coefficient (Wildman–Crippen LogP) is 2.45. The fraction of sp³-hybridized carbons (Fsp3) is 0.471. The van der Waals surface area contributed by atoms with Crippen molar-refractivity contribution < 1.29 is 23.7 Å². The van der Waals surface area contributed by atoms with Gasteiger partial charge in [-0.15, -0.1) is 0 Å². The Bertz CT molecular complexity index is 509. The Morgan fingerprint density at radius 3 is 2.73 bits per heavy atom. The second-order valence-corrected chi connectivity index (χ2v) is 5.51. The molecule has 0 aromatic heterocycles. The Labute approximate surface area is 130 Å². The third-order valence-corrected chi connectivity index (χ3v) is 3.31. The van der Waals surface area contributed by atoms with Crippen LogP contribution >= 0.6 is 0 Å². The number of rotatable bonds is 6. The maximum Gasteiger partial charge on any atom is 0.330 e. The summed E-state index contributed by atoms with van der Waals surface area (Å²) in [5.41, 5.74) is 1.05. The number of methoxy groups -OCH3 is 1. The van der Waals surface area contributed by atoms with Gasteiger partial charge in [0, 0.05) is 6.08 Å². The van der Waals surface area contributed by atoms with E-state index in [-0.39, 0.29) is 12.2 Å². The molecule has 0 spiro atoms. The highest BCUT2D eigenvalue weighted by molar-refractivity contribution is 5.81. The van der Waals surface area contributed by atoms with Gasteiger partial charge in [0.2, 0.25) is 0 Å². The molecule has 1 heterocycles. The summed E-state index contributed by atoms with van der Waals surface area (Å²) in [6.07, 6.45) is 2.36. The quantitative estimate of drug-likeness (QED) is 0.597. The predicted molar refractivity (Wildman–Crippen MR) is 81.1 cm³/mol. The minimum absolute atomic E-state index is 0.264. The zero-order valence-corrected chi connectivity index (χ0v) is 13.2. The van der Waals surface area contributed by atoms with Crippen molar-refractivity contribution in [2.45, 2.75) is 38.4 Å². The van der Waals surface area contributed by atoms with E-state index in [4.69, 9.17) is 14.2 Å². The molecule has 0 aliphatic carbocycles. The van der Waals surface area contributed by atoms with Gasteiger partial charge in [-0.05, 0) is 25.5 Å². The molecule has 2 rings (SSSR count). The Morgan fingerprint density at radius 1 is 1.41 bits per heavy atom. The van der Waals surface area contributed by atoms with Gasteiger partial charge in [0.15, 0.2) is 5.79 Å². The molecule has 1 aliphatic heterocycles. The normalized spacial score (nSPS) is 21.9. The number of carbonyl (C=O) groups excluding carboxylic acids is 1. The lowest BCUT2D eigenvalue weighted by atomic mass is 10.2. The van der Waals surface area contributed by atoms with Gasteiger partial charge >= 0.3 is 5.97 Å². The van der Waals surface area contributed by atoms with Crippen LogP contribution in [0, 0.1) is 0 Å². The molecule has 2 atom stereocenters. The van der Waals surface area contributed by atoms with E-state index in [0.717, 1.165) is 5.56 Å². The van der Waals surface area contributed by atoms with Gasteiger partial charge in [0.1, 0.15) is 12.2 Å². The van der Waals surface area contributed by atoms with E-state index < -0.39 is 11.8 Å². The lowest BCUT2D eigenvalue weighted by molar-refractivity contribution is -0.152. The van der Waals surface area contributed by atoms with E-state index in [0.29, 0.717) is 13.2 Å². The molecule has 0 bridgehead atoms. The lowest BCUT2D eigenvalue weighted by Crippen LogP contribution is -2.31. The molecular weight excluding hydrogens is 284 g/mol. The highest BCUT2D eigenvalue weighted by Gasteiger charge is 2.37. The van der Waals surface area contributed by atoms with Gasteiger partial charge in [-0.2, -0.15) is 0 Å². The zero-order valence-electron chi connectivity index (χ0n) is 13.2. The first kappa shape index (κ1) is 16.7. The monoisotopic (exact) mass is 306 g/mol. The van der Waals surface area contributed by atoms with Crippen LogP contribution in [-0.4, -0.2) is 37.7 Å². The Balaban J connectivity index is 2.01. The van der Waals surface area contributed by atoms with E-state index >= 15 is 0 Å². The van der Waals surface area contributed by atoms with Gasteiger partial charge in [-0.25, -0.2) is 4.79 Å². The highest BCUT2D eigenvalue weighted by Crippen LogP contribution is 2.26. The molecule has 0 unspecified atom stereocenters. The van der Waals surface area contributed by atoms with Crippen LogP contribution in [-0.2, 0) is 30.3 Å². The summed E-state index contributed by atoms with van der Waals surface area (Å²) in [4.78, 5) is 11.3. The van der Waals surface area contributed by atoms with E-state index in [1.165, 1.54) is 13.2 Å². The average molecular weight is 306 g/mol. The van der Waals surface area contributed by atoms with Gasteiger partial charge in [0.25, 0.3) is 0 Å². The molecule has 1 aromatic carbocycles. The molecule has 0 amide bonds. The first-order valence-corrected chi connectivity index (χ1v) is 7.23. The van der Waals surface area contributed by atoms with Gasteiger partial charge in [-0.1, -0.05) is 30.3 Å². The van der Waals surface area contributed by atoms with Crippen LogP contribution in [0.1, 0.15) is 19.4 Å². The van der Waals surface area contributed by atoms with E-state index in [1.807, 2.05) is 44.2 Å². The summed E-state index contributed by atoms with van der Waals surface area (Å²) in [5, 5.41) is 0. The number of hydrogen-bond donors (Lipinski definition) is 0. The topological polar surface area (TPSA) is 54.0 Å². The molecular formula is C17H22O5. The highest BCUT2D eigenvalue weighted by atomic mass is 16.7. The molecule has 0 radical (unpaired) electrons. The molecule has 22 heavy (non-hydrogen) atoms. The van der Waals surface area contributed by atoms with E-state index in [9.17, 15) is 4.79 Å². The number of hydrogen-bond acceptors (Lipinski definition) is 5. The molecule has 0 saturated carbocycles. The first-order chi connectivity index (χ1) is 10.5. The van der Waals surface area contributed by atoms with E-state index in [2.05, 4.69) is 4.74 Å². The van der Waals surface area contributed by atoms with Crippen molar-refractivity contribution in [3.05, 3.63) is 48.0 Å². The molecule has 1 fully saturated rings. The molecule has 5 nitrogen and oxygen atoms in total. The van der Waals surface area contributed by atoms with Crippen molar-refractivity contribution in [3.8, 4) is 0 Å². The minimum Gasteiger partial charge on any atom is -0.466 e. The van der Waals surface area contributed by atoms with Crippen molar-refractivity contribution in [2.24, 2.45) is 0 Å². The van der Waals surface area contributed by atoms with E-state index in [1.54, 1.807) is 6.08 Å². The molecule has 0 N–H and O–H groups in total. The Hall–Kier alpha value is -1.69.